The van der Waals surface area contributed by atoms with Gasteiger partial charge < -0.3 is 15.1 Å². The molecule has 2 aromatic carbocycles. The van der Waals surface area contributed by atoms with Gasteiger partial charge in [0.2, 0.25) is 0 Å². The van der Waals surface area contributed by atoms with E-state index in [0.29, 0.717) is 32.7 Å². The highest BCUT2D eigenvalue weighted by molar-refractivity contribution is 6.35. The second-order valence-electron chi connectivity index (χ2n) is 6.60. The van der Waals surface area contributed by atoms with Gasteiger partial charge in [-0.05, 0) is 42.7 Å². The number of aryl methyl sites for hydroxylation is 1. The van der Waals surface area contributed by atoms with Crippen molar-refractivity contribution in [2.75, 3.05) is 37.6 Å². The molecule has 0 radical (unpaired) electrons. The lowest BCUT2D eigenvalue weighted by Gasteiger charge is -2.35. The minimum absolute atomic E-state index is 0.267. The molecule has 0 aromatic heterocycles. The fourth-order valence-electron chi connectivity index (χ4n) is 3.18. The first kappa shape index (κ1) is 18.9. The van der Waals surface area contributed by atoms with Crippen LogP contribution in [0.3, 0.4) is 0 Å². The van der Waals surface area contributed by atoms with E-state index in [2.05, 4.69) is 10.2 Å². The molecular formula is C21H24FN3O2. The van der Waals surface area contributed by atoms with Crippen LogP contribution in [0, 0.1) is 5.82 Å². The summed E-state index contributed by atoms with van der Waals surface area (Å²) < 4.78 is 13.0. The molecule has 0 bridgehead atoms. The van der Waals surface area contributed by atoms with Crippen LogP contribution in [0.25, 0.3) is 0 Å². The molecule has 0 unspecified atom stereocenters. The highest BCUT2D eigenvalue weighted by atomic mass is 19.1. The van der Waals surface area contributed by atoms with E-state index < -0.39 is 11.8 Å². The summed E-state index contributed by atoms with van der Waals surface area (Å²) in [6.07, 6.45) is 1.66. The normalized spacial score (nSPS) is 14.1. The minimum atomic E-state index is -0.543. The van der Waals surface area contributed by atoms with Gasteiger partial charge in [-0.2, -0.15) is 0 Å². The van der Waals surface area contributed by atoms with Gasteiger partial charge in [0.05, 0.1) is 0 Å². The van der Waals surface area contributed by atoms with Gasteiger partial charge in [-0.25, -0.2) is 4.39 Å². The summed E-state index contributed by atoms with van der Waals surface area (Å²) in [5, 5.41) is 2.71. The van der Waals surface area contributed by atoms with E-state index in [1.165, 1.54) is 17.7 Å². The molecular weight excluding hydrogens is 345 g/mol. The number of hydrogen-bond acceptors (Lipinski definition) is 3. The molecule has 1 heterocycles. The fourth-order valence-corrected chi connectivity index (χ4v) is 3.18. The Labute approximate surface area is 158 Å². The number of carbonyl (C=O) groups excluding carboxylic acids is 2. The van der Waals surface area contributed by atoms with E-state index in [-0.39, 0.29) is 5.82 Å². The third-order valence-corrected chi connectivity index (χ3v) is 4.72. The summed E-state index contributed by atoms with van der Waals surface area (Å²) in [4.78, 5) is 28.0. The average Bonchev–Trinajstić information content (AvgIpc) is 2.72. The number of nitrogens with one attached hydrogen (secondary N) is 1. The summed E-state index contributed by atoms with van der Waals surface area (Å²) in [5.41, 5.74) is 2.14. The maximum atomic E-state index is 13.0. The molecule has 0 atom stereocenters. The summed E-state index contributed by atoms with van der Waals surface area (Å²) in [7, 11) is 0. The molecule has 27 heavy (non-hydrogen) atoms. The molecule has 2 aromatic rings. The number of hydrogen-bond donors (Lipinski definition) is 1. The summed E-state index contributed by atoms with van der Waals surface area (Å²) in [6.45, 7) is 2.69. The Bertz CT molecular complexity index is 757. The third-order valence-electron chi connectivity index (χ3n) is 4.72. The van der Waals surface area contributed by atoms with Gasteiger partial charge in [-0.1, -0.05) is 30.3 Å². The van der Waals surface area contributed by atoms with Gasteiger partial charge >= 0.3 is 11.8 Å². The zero-order chi connectivity index (χ0) is 19.1. The van der Waals surface area contributed by atoms with Crippen molar-refractivity contribution in [1.82, 2.24) is 10.2 Å². The van der Waals surface area contributed by atoms with Crippen molar-refractivity contribution in [1.29, 1.82) is 0 Å². The van der Waals surface area contributed by atoms with E-state index in [9.17, 15) is 14.0 Å². The van der Waals surface area contributed by atoms with Gasteiger partial charge in [-0.15, -0.1) is 0 Å². The monoisotopic (exact) mass is 369 g/mol. The van der Waals surface area contributed by atoms with Crippen molar-refractivity contribution < 1.29 is 14.0 Å². The quantitative estimate of drug-likeness (QED) is 0.650. The van der Waals surface area contributed by atoms with Crippen molar-refractivity contribution >= 4 is 17.5 Å². The number of piperazine rings is 1. The van der Waals surface area contributed by atoms with E-state index in [1.807, 2.05) is 30.3 Å². The first-order valence-electron chi connectivity index (χ1n) is 9.25. The minimum Gasteiger partial charge on any atom is -0.368 e. The maximum absolute atomic E-state index is 13.0. The van der Waals surface area contributed by atoms with Crippen molar-refractivity contribution in [3.8, 4) is 0 Å². The number of rotatable bonds is 5. The first-order chi connectivity index (χ1) is 13.1. The smallest absolute Gasteiger partial charge is 0.312 e. The summed E-state index contributed by atoms with van der Waals surface area (Å²) >= 11 is 0. The zero-order valence-corrected chi connectivity index (χ0v) is 15.2. The van der Waals surface area contributed by atoms with Gasteiger partial charge in [-0.3, -0.25) is 9.59 Å². The third kappa shape index (κ3) is 5.29. The van der Waals surface area contributed by atoms with Crippen LogP contribution < -0.4 is 10.2 Å². The standard InChI is InChI=1S/C21H24FN3O2/c22-18-8-10-19(11-9-18)24-13-15-25(16-14-24)21(27)20(26)23-12-4-7-17-5-2-1-3-6-17/h1-3,5-6,8-11H,4,7,12-16H2,(H,23,26). The molecule has 3 rings (SSSR count). The van der Waals surface area contributed by atoms with E-state index in [4.69, 9.17) is 0 Å². The van der Waals surface area contributed by atoms with E-state index >= 15 is 0 Å². The molecule has 0 aliphatic carbocycles. The van der Waals surface area contributed by atoms with Crippen molar-refractivity contribution in [3.63, 3.8) is 0 Å². The number of amides is 2. The zero-order valence-electron chi connectivity index (χ0n) is 15.2. The predicted octanol–water partition coefficient (Wildman–Crippen LogP) is 2.22. The molecule has 2 amide bonds. The number of halogens is 1. The van der Waals surface area contributed by atoms with Crippen LogP contribution in [-0.4, -0.2) is 49.4 Å². The van der Waals surface area contributed by atoms with Crippen LogP contribution in [0.15, 0.2) is 54.6 Å². The van der Waals surface area contributed by atoms with Gasteiger partial charge in [0.15, 0.2) is 0 Å². The number of benzene rings is 2. The van der Waals surface area contributed by atoms with Crippen LogP contribution in [0.1, 0.15) is 12.0 Å². The lowest BCUT2D eigenvalue weighted by Crippen LogP contribution is -2.52. The van der Waals surface area contributed by atoms with Crippen LogP contribution in [-0.2, 0) is 16.0 Å². The second-order valence-corrected chi connectivity index (χ2v) is 6.60. The molecule has 0 spiro atoms. The highest BCUT2D eigenvalue weighted by Gasteiger charge is 2.25. The van der Waals surface area contributed by atoms with Crippen LogP contribution in [0.5, 0.6) is 0 Å². The Morgan fingerprint density at radius 2 is 1.59 bits per heavy atom. The summed E-state index contributed by atoms with van der Waals surface area (Å²) in [6, 6.07) is 16.4. The van der Waals surface area contributed by atoms with Crippen LogP contribution >= 0.6 is 0 Å². The molecule has 1 aliphatic rings. The largest absolute Gasteiger partial charge is 0.368 e. The van der Waals surface area contributed by atoms with Crippen LogP contribution in [0.4, 0.5) is 10.1 Å². The second kappa shape index (κ2) is 9.16. The summed E-state index contributed by atoms with van der Waals surface area (Å²) in [5.74, 6) is -1.29. The van der Waals surface area contributed by atoms with E-state index in [1.54, 1.807) is 17.0 Å². The molecule has 1 N–H and O–H groups in total. The molecule has 6 heteroatoms. The number of carbonyl (C=O) groups is 2. The maximum Gasteiger partial charge on any atom is 0.312 e. The van der Waals surface area contributed by atoms with Gasteiger partial charge in [0.1, 0.15) is 5.82 Å². The Morgan fingerprint density at radius 1 is 0.926 bits per heavy atom. The van der Waals surface area contributed by atoms with Crippen molar-refractivity contribution in [3.05, 3.63) is 66.0 Å². The first-order valence-corrected chi connectivity index (χ1v) is 9.25. The topological polar surface area (TPSA) is 52.7 Å². The van der Waals surface area contributed by atoms with Gasteiger partial charge in [0.25, 0.3) is 0 Å². The molecule has 5 nitrogen and oxygen atoms in total. The Hall–Kier alpha value is -2.89. The van der Waals surface area contributed by atoms with E-state index in [0.717, 1.165) is 18.5 Å². The van der Waals surface area contributed by atoms with Crippen molar-refractivity contribution in [2.24, 2.45) is 0 Å². The highest BCUT2D eigenvalue weighted by Crippen LogP contribution is 2.16. The molecule has 0 saturated carbocycles. The van der Waals surface area contributed by atoms with Crippen molar-refractivity contribution in [2.45, 2.75) is 12.8 Å². The lowest BCUT2D eigenvalue weighted by molar-refractivity contribution is -0.146. The Morgan fingerprint density at radius 3 is 2.26 bits per heavy atom. The lowest BCUT2D eigenvalue weighted by atomic mass is 10.1. The van der Waals surface area contributed by atoms with Gasteiger partial charge in [0, 0.05) is 38.4 Å². The molecule has 142 valence electrons. The Balaban J connectivity index is 1.39. The fraction of sp³-hybridized carbons (Fsp3) is 0.333. The SMILES string of the molecule is O=C(NCCCc1ccccc1)C(=O)N1CCN(c2ccc(F)cc2)CC1. The predicted molar refractivity (Wildman–Crippen MR) is 103 cm³/mol. The Kier molecular flexibility index (Phi) is 6.41. The number of nitrogens with zero attached hydrogens (tertiary/aromatic N) is 2. The molecule has 1 aliphatic heterocycles. The van der Waals surface area contributed by atoms with Crippen LogP contribution in [0.2, 0.25) is 0 Å². The molecule has 1 fully saturated rings. The average molecular weight is 369 g/mol. The number of anilines is 1. The molecule has 1 saturated heterocycles.